The molecule has 0 saturated carbocycles. The van der Waals surface area contributed by atoms with E-state index in [9.17, 15) is 4.79 Å². The molecule has 0 fully saturated rings. The molecule has 116 valence electrons. The zero-order chi connectivity index (χ0) is 15.8. The lowest BCUT2D eigenvalue weighted by Gasteiger charge is -2.10. The van der Waals surface area contributed by atoms with Crippen LogP contribution in [0.4, 0.5) is 0 Å². The Morgan fingerprint density at radius 3 is 2.55 bits per heavy atom. The second-order valence-corrected chi connectivity index (χ2v) is 5.62. The second-order valence-electron chi connectivity index (χ2n) is 5.62. The molecule has 22 heavy (non-hydrogen) atoms. The van der Waals surface area contributed by atoms with E-state index in [1.54, 1.807) is 6.20 Å². The fourth-order valence-electron chi connectivity index (χ4n) is 2.25. The highest BCUT2D eigenvalue weighted by Crippen LogP contribution is 2.06. The number of rotatable bonds is 7. The number of aromatic nitrogens is 1. The summed E-state index contributed by atoms with van der Waals surface area (Å²) in [6, 6.07) is 13.7. The lowest BCUT2D eigenvalue weighted by atomic mass is 10.1. The van der Waals surface area contributed by atoms with Crippen LogP contribution in [0, 0.1) is 0 Å². The average molecular weight is 297 g/mol. The minimum Gasteiger partial charge on any atom is -0.352 e. The number of hydrogen-bond acceptors (Lipinski definition) is 3. The van der Waals surface area contributed by atoms with Gasteiger partial charge in [-0.15, -0.1) is 0 Å². The van der Waals surface area contributed by atoms with Gasteiger partial charge in [0.25, 0.3) is 5.91 Å². The molecule has 1 aromatic carbocycles. The van der Waals surface area contributed by atoms with Gasteiger partial charge in [0.2, 0.25) is 0 Å². The zero-order valence-corrected chi connectivity index (χ0v) is 13.2. The molecule has 1 aromatic heterocycles. The van der Waals surface area contributed by atoms with Crippen LogP contribution in [0.25, 0.3) is 0 Å². The number of amides is 1. The first-order valence-electron chi connectivity index (χ1n) is 7.57. The molecule has 1 heterocycles. The number of aryl methyl sites for hydroxylation is 1. The van der Waals surface area contributed by atoms with Gasteiger partial charge in [0, 0.05) is 30.5 Å². The van der Waals surface area contributed by atoms with Crippen LogP contribution in [-0.2, 0) is 13.0 Å². The van der Waals surface area contributed by atoms with Gasteiger partial charge >= 0.3 is 0 Å². The van der Waals surface area contributed by atoms with Crippen LogP contribution < -0.4 is 5.32 Å². The third kappa shape index (κ3) is 5.30. The number of hydrogen-bond donors (Lipinski definition) is 1. The Hall–Kier alpha value is -2.20. The largest absolute Gasteiger partial charge is 0.352 e. The standard InChI is InChI=1S/C18H23N3O/c1-21(2)14-15-8-10-16(11-9-15)18(22)20-13-5-7-17-6-3-4-12-19-17/h3-4,6,8-12H,5,7,13-14H2,1-2H3,(H,20,22). The third-order valence-corrected chi connectivity index (χ3v) is 3.34. The molecule has 0 radical (unpaired) electrons. The molecule has 4 heteroatoms. The molecule has 1 amide bonds. The van der Waals surface area contributed by atoms with Crippen molar-refractivity contribution in [1.29, 1.82) is 0 Å². The topological polar surface area (TPSA) is 45.2 Å². The summed E-state index contributed by atoms with van der Waals surface area (Å²) in [7, 11) is 4.06. The number of carbonyl (C=O) groups is 1. The lowest BCUT2D eigenvalue weighted by molar-refractivity contribution is 0.0953. The predicted molar refractivity (Wildman–Crippen MR) is 88.7 cm³/mol. The Kier molecular flexibility index (Phi) is 6.10. The smallest absolute Gasteiger partial charge is 0.251 e. The summed E-state index contributed by atoms with van der Waals surface area (Å²) in [5, 5.41) is 2.95. The van der Waals surface area contributed by atoms with E-state index in [0.717, 1.165) is 25.1 Å². The summed E-state index contributed by atoms with van der Waals surface area (Å²) in [5.41, 5.74) is 2.97. The van der Waals surface area contributed by atoms with Crippen molar-refractivity contribution in [3.63, 3.8) is 0 Å². The maximum absolute atomic E-state index is 12.1. The van der Waals surface area contributed by atoms with Crippen LogP contribution in [0.3, 0.4) is 0 Å². The van der Waals surface area contributed by atoms with Crippen LogP contribution in [0.5, 0.6) is 0 Å². The van der Waals surface area contributed by atoms with E-state index in [0.29, 0.717) is 12.1 Å². The van der Waals surface area contributed by atoms with E-state index in [1.807, 2.05) is 56.6 Å². The average Bonchev–Trinajstić information content (AvgIpc) is 2.52. The van der Waals surface area contributed by atoms with Crippen molar-refractivity contribution in [1.82, 2.24) is 15.2 Å². The van der Waals surface area contributed by atoms with E-state index in [2.05, 4.69) is 15.2 Å². The lowest BCUT2D eigenvalue weighted by Crippen LogP contribution is -2.24. The van der Waals surface area contributed by atoms with Crippen LogP contribution in [0.2, 0.25) is 0 Å². The quantitative estimate of drug-likeness (QED) is 0.799. The van der Waals surface area contributed by atoms with Gasteiger partial charge in [0.15, 0.2) is 0 Å². The Balaban J connectivity index is 1.75. The molecule has 4 nitrogen and oxygen atoms in total. The molecule has 0 atom stereocenters. The first-order valence-corrected chi connectivity index (χ1v) is 7.57. The number of benzene rings is 1. The first-order chi connectivity index (χ1) is 10.6. The van der Waals surface area contributed by atoms with Crippen molar-refractivity contribution < 1.29 is 4.79 Å². The van der Waals surface area contributed by atoms with E-state index in [1.165, 1.54) is 5.56 Å². The minimum atomic E-state index is -0.0163. The van der Waals surface area contributed by atoms with Crippen molar-refractivity contribution in [3.05, 3.63) is 65.5 Å². The molecule has 0 spiro atoms. The van der Waals surface area contributed by atoms with Crippen LogP contribution in [0.1, 0.15) is 28.0 Å². The van der Waals surface area contributed by atoms with E-state index in [4.69, 9.17) is 0 Å². The van der Waals surface area contributed by atoms with Crippen molar-refractivity contribution in [3.8, 4) is 0 Å². The molecule has 2 rings (SSSR count). The molecule has 0 aliphatic carbocycles. The maximum Gasteiger partial charge on any atom is 0.251 e. The van der Waals surface area contributed by atoms with E-state index in [-0.39, 0.29) is 5.91 Å². The summed E-state index contributed by atoms with van der Waals surface area (Å²) in [4.78, 5) is 18.4. The fourth-order valence-corrected chi connectivity index (χ4v) is 2.25. The Labute approximate surface area is 132 Å². The van der Waals surface area contributed by atoms with Crippen molar-refractivity contribution in [2.45, 2.75) is 19.4 Å². The van der Waals surface area contributed by atoms with Gasteiger partial charge in [0.1, 0.15) is 0 Å². The molecular weight excluding hydrogens is 274 g/mol. The molecular formula is C18H23N3O. The van der Waals surface area contributed by atoms with Crippen LogP contribution >= 0.6 is 0 Å². The van der Waals surface area contributed by atoms with Crippen LogP contribution in [0.15, 0.2) is 48.7 Å². The highest BCUT2D eigenvalue weighted by atomic mass is 16.1. The molecule has 0 bridgehead atoms. The number of carbonyl (C=O) groups excluding carboxylic acids is 1. The van der Waals surface area contributed by atoms with Gasteiger partial charge in [0.05, 0.1) is 0 Å². The second kappa shape index (κ2) is 8.29. The molecule has 0 unspecified atom stereocenters. The van der Waals surface area contributed by atoms with Gasteiger partial charge in [-0.3, -0.25) is 9.78 Å². The number of nitrogens with zero attached hydrogens (tertiary/aromatic N) is 2. The number of pyridine rings is 1. The van der Waals surface area contributed by atoms with Gasteiger partial charge in [-0.25, -0.2) is 0 Å². The summed E-state index contributed by atoms with van der Waals surface area (Å²) in [6.07, 6.45) is 3.56. The normalized spacial score (nSPS) is 10.7. The molecule has 1 N–H and O–H groups in total. The van der Waals surface area contributed by atoms with Gasteiger partial charge in [-0.2, -0.15) is 0 Å². The summed E-state index contributed by atoms with van der Waals surface area (Å²) in [5.74, 6) is -0.0163. The minimum absolute atomic E-state index is 0.0163. The molecule has 0 aliphatic rings. The zero-order valence-electron chi connectivity index (χ0n) is 13.2. The summed E-state index contributed by atoms with van der Waals surface area (Å²) < 4.78 is 0. The highest BCUT2D eigenvalue weighted by molar-refractivity contribution is 5.94. The van der Waals surface area contributed by atoms with E-state index < -0.39 is 0 Å². The molecule has 0 saturated heterocycles. The van der Waals surface area contributed by atoms with E-state index >= 15 is 0 Å². The molecule has 2 aromatic rings. The van der Waals surface area contributed by atoms with Gasteiger partial charge < -0.3 is 10.2 Å². The number of nitrogens with one attached hydrogen (secondary N) is 1. The molecule has 0 aliphatic heterocycles. The summed E-state index contributed by atoms with van der Waals surface area (Å²) >= 11 is 0. The summed E-state index contributed by atoms with van der Waals surface area (Å²) in [6.45, 7) is 1.54. The maximum atomic E-state index is 12.1. The van der Waals surface area contributed by atoms with Gasteiger partial charge in [-0.1, -0.05) is 18.2 Å². The first kappa shape index (κ1) is 16.2. The monoisotopic (exact) mass is 297 g/mol. The highest BCUT2D eigenvalue weighted by Gasteiger charge is 2.05. The SMILES string of the molecule is CN(C)Cc1ccc(C(=O)NCCCc2ccccn2)cc1. The predicted octanol–water partition coefficient (Wildman–Crippen LogP) is 2.51. The van der Waals surface area contributed by atoms with Crippen molar-refractivity contribution in [2.75, 3.05) is 20.6 Å². The Morgan fingerprint density at radius 2 is 1.91 bits per heavy atom. The van der Waals surface area contributed by atoms with Crippen LogP contribution in [-0.4, -0.2) is 36.4 Å². The Morgan fingerprint density at radius 1 is 1.14 bits per heavy atom. The van der Waals surface area contributed by atoms with Crippen molar-refractivity contribution in [2.24, 2.45) is 0 Å². The Bertz CT molecular complexity index is 579. The van der Waals surface area contributed by atoms with Crippen molar-refractivity contribution >= 4 is 5.91 Å². The van der Waals surface area contributed by atoms with Gasteiger partial charge in [-0.05, 0) is 56.8 Å². The third-order valence-electron chi connectivity index (χ3n) is 3.34. The fraction of sp³-hybridized carbons (Fsp3) is 0.333.